The van der Waals surface area contributed by atoms with E-state index in [9.17, 15) is 4.79 Å². The van der Waals surface area contributed by atoms with Crippen LogP contribution in [0, 0.1) is 6.92 Å². The first-order valence-electron chi connectivity index (χ1n) is 8.57. The van der Waals surface area contributed by atoms with E-state index in [0.29, 0.717) is 18.8 Å². The Morgan fingerprint density at radius 1 is 1.23 bits per heavy atom. The Balaban J connectivity index is 1.56. The minimum absolute atomic E-state index is 0.0310. The topological polar surface area (TPSA) is 65.2 Å². The lowest BCUT2D eigenvalue weighted by atomic mass is 10.1. The molecular weight excluding hydrogens is 330 g/mol. The molecular formula is C19H21N5O2. The number of nitrogens with zero attached hydrogens (tertiary/aromatic N) is 5. The van der Waals surface area contributed by atoms with Crippen molar-refractivity contribution in [3.63, 3.8) is 0 Å². The van der Waals surface area contributed by atoms with Crippen LogP contribution in [0.3, 0.4) is 0 Å². The van der Waals surface area contributed by atoms with Gasteiger partial charge in [-0.15, -0.1) is 0 Å². The number of carbonyl (C=O) groups excluding carboxylic acids is 1. The van der Waals surface area contributed by atoms with Crippen LogP contribution >= 0.6 is 0 Å². The molecule has 26 heavy (non-hydrogen) atoms. The third kappa shape index (κ3) is 2.75. The number of hydrogen-bond donors (Lipinski definition) is 0. The molecule has 0 bridgehead atoms. The number of benzene rings is 1. The van der Waals surface area contributed by atoms with E-state index in [2.05, 4.69) is 10.2 Å². The summed E-state index contributed by atoms with van der Waals surface area (Å²) in [4.78, 5) is 14.6. The van der Waals surface area contributed by atoms with E-state index in [0.717, 1.165) is 34.8 Å². The van der Waals surface area contributed by atoms with Crippen LogP contribution in [0.1, 0.15) is 27.4 Å². The quantitative estimate of drug-likeness (QED) is 0.725. The maximum Gasteiger partial charge on any atom is 0.274 e. The molecule has 7 heteroatoms. The molecule has 134 valence electrons. The Morgan fingerprint density at radius 3 is 2.65 bits per heavy atom. The number of ether oxygens (including phenoxy) is 1. The lowest BCUT2D eigenvalue weighted by Gasteiger charge is -2.26. The van der Waals surface area contributed by atoms with Crippen LogP contribution in [0.4, 0.5) is 0 Å². The zero-order valence-corrected chi connectivity index (χ0v) is 15.1. The average molecular weight is 351 g/mol. The van der Waals surface area contributed by atoms with Gasteiger partial charge in [0.1, 0.15) is 5.75 Å². The van der Waals surface area contributed by atoms with Gasteiger partial charge in [0, 0.05) is 37.8 Å². The van der Waals surface area contributed by atoms with E-state index >= 15 is 0 Å². The molecule has 7 nitrogen and oxygen atoms in total. The predicted octanol–water partition coefficient (Wildman–Crippen LogP) is 2.12. The Hall–Kier alpha value is -3.09. The number of fused-ring (bicyclic) bond motifs is 1. The zero-order chi connectivity index (χ0) is 18.3. The third-order valence-electron chi connectivity index (χ3n) is 4.87. The molecule has 1 amide bonds. The number of hydrogen-bond acceptors (Lipinski definition) is 4. The van der Waals surface area contributed by atoms with E-state index in [1.807, 2.05) is 60.1 Å². The second-order valence-electron chi connectivity index (χ2n) is 6.50. The van der Waals surface area contributed by atoms with Crippen LogP contribution in [-0.2, 0) is 20.0 Å². The van der Waals surface area contributed by atoms with Crippen molar-refractivity contribution in [3.8, 4) is 11.4 Å². The summed E-state index contributed by atoms with van der Waals surface area (Å²) in [7, 11) is 3.50. The summed E-state index contributed by atoms with van der Waals surface area (Å²) < 4.78 is 8.88. The first-order valence-corrected chi connectivity index (χ1v) is 8.57. The molecule has 4 rings (SSSR count). The number of aryl methyl sites for hydroxylation is 2. The fourth-order valence-corrected chi connectivity index (χ4v) is 3.28. The number of amides is 1. The molecule has 2 aromatic heterocycles. The fourth-order valence-electron chi connectivity index (χ4n) is 3.28. The maximum atomic E-state index is 12.7. The number of methoxy groups -OCH3 is 1. The van der Waals surface area contributed by atoms with Gasteiger partial charge in [-0.3, -0.25) is 9.48 Å². The van der Waals surface area contributed by atoms with E-state index in [-0.39, 0.29) is 5.91 Å². The highest BCUT2D eigenvalue weighted by molar-refractivity contribution is 5.92. The molecule has 0 spiro atoms. The first kappa shape index (κ1) is 16.4. The minimum atomic E-state index is -0.0310. The second kappa shape index (κ2) is 6.33. The number of carbonyl (C=O) groups is 1. The van der Waals surface area contributed by atoms with Crippen molar-refractivity contribution in [2.75, 3.05) is 13.7 Å². The van der Waals surface area contributed by atoms with Crippen molar-refractivity contribution in [3.05, 3.63) is 59.2 Å². The number of aromatic nitrogens is 4. The lowest BCUT2D eigenvalue weighted by molar-refractivity contribution is 0.0727. The van der Waals surface area contributed by atoms with Crippen LogP contribution in [0.15, 0.2) is 36.5 Å². The SMILES string of the molecule is COc1ccc(-n2ncc3c2CCN(C(=O)c2cc(C)n(C)n2)C3)cc1. The molecule has 0 saturated carbocycles. The van der Waals surface area contributed by atoms with Crippen LogP contribution in [0.2, 0.25) is 0 Å². The smallest absolute Gasteiger partial charge is 0.274 e. The molecule has 0 saturated heterocycles. The van der Waals surface area contributed by atoms with E-state index < -0.39 is 0 Å². The highest BCUT2D eigenvalue weighted by Gasteiger charge is 2.26. The lowest BCUT2D eigenvalue weighted by Crippen LogP contribution is -2.36. The maximum absolute atomic E-state index is 12.7. The molecule has 0 unspecified atom stereocenters. The Kier molecular flexibility index (Phi) is 3.99. The summed E-state index contributed by atoms with van der Waals surface area (Å²) >= 11 is 0. The van der Waals surface area contributed by atoms with Gasteiger partial charge in [-0.2, -0.15) is 10.2 Å². The highest BCUT2D eigenvalue weighted by Crippen LogP contribution is 2.24. The normalized spacial score (nSPS) is 13.6. The Bertz CT molecular complexity index is 935. The minimum Gasteiger partial charge on any atom is -0.497 e. The van der Waals surface area contributed by atoms with Gasteiger partial charge in [0.05, 0.1) is 24.7 Å². The third-order valence-corrected chi connectivity index (χ3v) is 4.87. The van der Waals surface area contributed by atoms with E-state index in [1.165, 1.54) is 0 Å². The van der Waals surface area contributed by atoms with Gasteiger partial charge in [0.25, 0.3) is 5.91 Å². The van der Waals surface area contributed by atoms with Crippen molar-refractivity contribution < 1.29 is 9.53 Å². The van der Waals surface area contributed by atoms with Crippen LogP contribution in [0.5, 0.6) is 5.75 Å². The second-order valence-corrected chi connectivity index (χ2v) is 6.50. The Labute approximate surface area is 151 Å². The van der Waals surface area contributed by atoms with Crippen molar-refractivity contribution in [1.29, 1.82) is 0 Å². The molecule has 0 atom stereocenters. The molecule has 3 heterocycles. The van der Waals surface area contributed by atoms with Crippen LogP contribution < -0.4 is 4.74 Å². The summed E-state index contributed by atoms with van der Waals surface area (Å²) in [5, 5.41) is 8.83. The van der Waals surface area contributed by atoms with Crippen molar-refractivity contribution in [2.24, 2.45) is 7.05 Å². The summed E-state index contributed by atoms with van der Waals surface area (Å²) in [5.74, 6) is 0.786. The fraction of sp³-hybridized carbons (Fsp3) is 0.316. The van der Waals surface area contributed by atoms with E-state index in [1.54, 1.807) is 11.8 Å². The highest BCUT2D eigenvalue weighted by atomic mass is 16.5. The van der Waals surface area contributed by atoms with Gasteiger partial charge >= 0.3 is 0 Å². The molecule has 1 aromatic carbocycles. The standard InChI is InChI=1S/C19H21N5O2/c1-13-10-17(21-22(13)2)19(25)23-9-8-18-14(12-23)11-20-24(18)15-4-6-16(26-3)7-5-15/h4-7,10-11H,8-9,12H2,1-3H3. The molecule has 1 aliphatic heterocycles. The van der Waals surface area contributed by atoms with Crippen LogP contribution in [0.25, 0.3) is 5.69 Å². The number of rotatable bonds is 3. The molecule has 0 fully saturated rings. The molecule has 0 N–H and O–H groups in total. The van der Waals surface area contributed by atoms with Gasteiger partial charge in [0.2, 0.25) is 0 Å². The van der Waals surface area contributed by atoms with Gasteiger partial charge in [-0.25, -0.2) is 4.68 Å². The zero-order valence-electron chi connectivity index (χ0n) is 15.1. The summed E-state index contributed by atoms with van der Waals surface area (Å²) in [6, 6.07) is 9.65. The van der Waals surface area contributed by atoms with Crippen molar-refractivity contribution >= 4 is 5.91 Å². The van der Waals surface area contributed by atoms with Crippen LogP contribution in [-0.4, -0.2) is 44.0 Å². The summed E-state index contributed by atoms with van der Waals surface area (Å²) in [5.41, 5.74) is 4.69. The summed E-state index contributed by atoms with van der Waals surface area (Å²) in [6.45, 7) is 3.15. The Morgan fingerprint density at radius 2 is 2.00 bits per heavy atom. The monoisotopic (exact) mass is 351 g/mol. The van der Waals surface area contributed by atoms with Gasteiger partial charge in [0.15, 0.2) is 5.69 Å². The summed E-state index contributed by atoms with van der Waals surface area (Å²) in [6.07, 6.45) is 2.61. The van der Waals surface area contributed by atoms with Gasteiger partial charge in [-0.1, -0.05) is 0 Å². The first-order chi connectivity index (χ1) is 12.6. The molecule has 1 aliphatic rings. The molecule has 0 radical (unpaired) electrons. The molecule has 3 aromatic rings. The van der Waals surface area contributed by atoms with Crippen molar-refractivity contribution in [2.45, 2.75) is 19.9 Å². The van der Waals surface area contributed by atoms with E-state index in [4.69, 9.17) is 4.74 Å². The predicted molar refractivity (Wildman–Crippen MR) is 96.5 cm³/mol. The van der Waals surface area contributed by atoms with Gasteiger partial charge < -0.3 is 9.64 Å². The van der Waals surface area contributed by atoms with Crippen molar-refractivity contribution in [1.82, 2.24) is 24.5 Å². The van der Waals surface area contributed by atoms with Gasteiger partial charge in [-0.05, 0) is 37.3 Å². The average Bonchev–Trinajstić information content (AvgIpc) is 3.24. The largest absolute Gasteiger partial charge is 0.497 e. The molecule has 0 aliphatic carbocycles.